The monoisotopic (exact) mass is 428 g/mol. The number of hydrogen-bond donors (Lipinski definition) is 1. The van der Waals surface area contributed by atoms with Crippen molar-refractivity contribution in [2.24, 2.45) is 0 Å². The lowest BCUT2D eigenvalue weighted by atomic mass is 10.2. The molecule has 1 N–H and O–H groups in total. The fourth-order valence-electron chi connectivity index (χ4n) is 2.60. The van der Waals surface area contributed by atoms with Gasteiger partial charge in [-0.3, -0.25) is 9.59 Å². The molecule has 8 nitrogen and oxygen atoms in total. The Hall–Kier alpha value is -3.55. The van der Waals surface area contributed by atoms with Gasteiger partial charge < -0.3 is 24.4 Å². The molecule has 2 aromatic carbocycles. The summed E-state index contributed by atoms with van der Waals surface area (Å²) in [7, 11) is 3.32. The molecule has 0 saturated heterocycles. The van der Waals surface area contributed by atoms with Crippen LogP contribution >= 0.6 is 0 Å². The minimum absolute atomic E-state index is 0.135. The van der Waals surface area contributed by atoms with E-state index in [4.69, 9.17) is 14.2 Å². The van der Waals surface area contributed by atoms with Gasteiger partial charge in [-0.25, -0.2) is 4.79 Å². The smallest absolute Gasteiger partial charge is 0.338 e. The standard InChI is InChI=1S/C23H28N2O6/c1-5-13-30-19-12-9-17(14-20(19)29-6-2)23(28)31-15-21(26)24-18-10-7-16(8-11-18)22(27)25(3)4/h7-12,14H,5-6,13,15H2,1-4H3,(H,24,26). The van der Waals surface area contributed by atoms with Crippen LogP contribution in [0.2, 0.25) is 0 Å². The van der Waals surface area contributed by atoms with Crippen molar-refractivity contribution >= 4 is 23.5 Å². The molecule has 0 spiro atoms. The van der Waals surface area contributed by atoms with Gasteiger partial charge in [0.25, 0.3) is 11.8 Å². The number of rotatable bonds is 10. The number of esters is 1. The maximum absolute atomic E-state index is 12.3. The maximum Gasteiger partial charge on any atom is 0.338 e. The summed E-state index contributed by atoms with van der Waals surface area (Å²) in [5.41, 5.74) is 1.25. The average molecular weight is 428 g/mol. The van der Waals surface area contributed by atoms with Gasteiger partial charge in [0, 0.05) is 25.3 Å². The van der Waals surface area contributed by atoms with Crippen molar-refractivity contribution in [3.63, 3.8) is 0 Å². The van der Waals surface area contributed by atoms with E-state index in [1.165, 1.54) is 11.0 Å². The lowest BCUT2D eigenvalue weighted by molar-refractivity contribution is -0.119. The third kappa shape index (κ3) is 7.02. The molecule has 2 rings (SSSR count). The molecule has 31 heavy (non-hydrogen) atoms. The van der Waals surface area contributed by atoms with Gasteiger partial charge >= 0.3 is 5.97 Å². The second kappa shape index (κ2) is 11.6. The largest absolute Gasteiger partial charge is 0.490 e. The molecule has 0 aromatic heterocycles. The molecular formula is C23H28N2O6. The number of hydrogen-bond acceptors (Lipinski definition) is 6. The molecule has 0 aliphatic carbocycles. The molecule has 0 atom stereocenters. The Morgan fingerprint density at radius 2 is 1.58 bits per heavy atom. The molecule has 0 heterocycles. The summed E-state index contributed by atoms with van der Waals surface area (Å²) in [6.07, 6.45) is 0.846. The Labute approximate surface area is 182 Å². The van der Waals surface area contributed by atoms with Crippen LogP contribution in [0.4, 0.5) is 5.69 Å². The first-order valence-electron chi connectivity index (χ1n) is 10.0. The minimum atomic E-state index is -0.648. The van der Waals surface area contributed by atoms with Gasteiger partial charge in [-0.05, 0) is 55.8 Å². The summed E-state index contributed by atoms with van der Waals surface area (Å²) in [5.74, 6) is -0.279. The number of ether oxygens (including phenoxy) is 3. The van der Waals surface area contributed by atoms with E-state index in [2.05, 4.69) is 5.32 Å². The van der Waals surface area contributed by atoms with Crippen molar-refractivity contribution in [2.75, 3.05) is 39.2 Å². The highest BCUT2D eigenvalue weighted by Crippen LogP contribution is 2.29. The molecule has 0 aliphatic heterocycles. The minimum Gasteiger partial charge on any atom is -0.490 e. The average Bonchev–Trinajstić information content (AvgIpc) is 2.76. The van der Waals surface area contributed by atoms with Crippen molar-refractivity contribution in [3.05, 3.63) is 53.6 Å². The highest BCUT2D eigenvalue weighted by molar-refractivity contribution is 5.97. The summed E-state index contributed by atoms with van der Waals surface area (Å²) in [6, 6.07) is 11.2. The Morgan fingerprint density at radius 1 is 0.903 bits per heavy atom. The number of nitrogens with zero attached hydrogens (tertiary/aromatic N) is 1. The second-order valence-electron chi connectivity index (χ2n) is 6.84. The van der Waals surface area contributed by atoms with Crippen LogP contribution in [0.5, 0.6) is 11.5 Å². The summed E-state index contributed by atoms with van der Waals surface area (Å²) in [5, 5.41) is 2.62. The van der Waals surface area contributed by atoms with Crippen LogP contribution in [0, 0.1) is 0 Å². The zero-order valence-electron chi connectivity index (χ0n) is 18.3. The quantitative estimate of drug-likeness (QED) is 0.583. The van der Waals surface area contributed by atoms with Gasteiger partial charge in [0.05, 0.1) is 18.8 Å². The normalized spacial score (nSPS) is 10.2. The molecule has 166 valence electrons. The van der Waals surface area contributed by atoms with Gasteiger partial charge in [0.2, 0.25) is 0 Å². The lowest BCUT2D eigenvalue weighted by Crippen LogP contribution is -2.22. The van der Waals surface area contributed by atoms with E-state index in [0.29, 0.717) is 36.0 Å². The van der Waals surface area contributed by atoms with E-state index in [1.54, 1.807) is 50.5 Å². The van der Waals surface area contributed by atoms with Gasteiger partial charge in [-0.1, -0.05) is 6.92 Å². The second-order valence-corrected chi connectivity index (χ2v) is 6.84. The fraction of sp³-hybridized carbons (Fsp3) is 0.348. The highest BCUT2D eigenvalue weighted by Gasteiger charge is 2.15. The third-order valence-electron chi connectivity index (χ3n) is 4.10. The topological polar surface area (TPSA) is 94.2 Å². The van der Waals surface area contributed by atoms with E-state index in [1.807, 2.05) is 13.8 Å². The molecule has 0 bridgehead atoms. The van der Waals surface area contributed by atoms with E-state index < -0.39 is 18.5 Å². The number of benzene rings is 2. The first-order chi connectivity index (χ1) is 14.8. The van der Waals surface area contributed by atoms with Crippen molar-refractivity contribution in [2.45, 2.75) is 20.3 Å². The summed E-state index contributed by atoms with van der Waals surface area (Å²) in [6.45, 7) is 4.34. The SMILES string of the molecule is CCCOc1ccc(C(=O)OCC(=O)Nc2ccc(C(=O)N(C)C)cc2)cc1OCC. The first-order valence-corrected chi connectivity index (χ1v) is 10.0. The van der Waals surface area contributed by atoms with Gasteiger partial charge in [-0.15, -0.1) is 0 Å². The van der Waals surface area contributed by atoms with Crippen molar-refractivity contribution in [1.29, 1.82) is 0 Å². The van der Waals surface area contributed by atoms with Gasteiger partial charge in [0.1, 0.15) is 0 Å². The van der Waals surface area contributed by atoms with Crippen LogP contribution < -0.4 is 14.8 Å². The van der Waals surface area contributed by atoms with Crippen molar-refractivity contribution in [1.82, 2.24) is 4.90 Å². The third-order valence-corrected chi connectivity index (χ3v) is 4.10. The molecule has 0 fully saturated rings. The molecule has 0 unspecified atom stereocenters. The number of anilines is 1. The Morgan fingerprint density at radius 3 is 2.19 bits per heavy atom. The van der Waals surface area contributed by atoms with E-state index in [0.717, 1.165) is 6.42 Å². The molecule has 0 aliphatic rings. The van der Waals surface area contributed by atoms with Crippen LogP contribution in [0.3, 0.4) is 0 Å². The lowest BCUT2D eigenvalue weighted by Gasteiger charge is -2.13. The molecule has 2 amide bonds. The fourth-order valence-corrected chi connectivity index (χ4v) is 2.60. The predicted molar refractivity (Wildman–Crippen MR) is 117 cm³/mol. The number of nitrogens with one attached hydrogen (secondary N) is 1. The Kier molecular flexibility index (Phi) is 8.87. The molecule has 0 radical (unpaired) electrons. The highest BCUT2D eigenvalue weighted by atomic mass is 16.5. The molecule has 8 heteroatoms. The van der Waals surface area contributed by atoms with E-state index in [-0.39, 0.29) is 11.5 Å². The molecular weight excluding hydrogens is 400 g/mol. The number of carbonyl (C=O) groups excluding carboxylic acids is 3. The summed E-state index contributed by atoms with van der Waals surface area (Å²) < 4.78 is 16.2. The summed E-state index contributed by atoms with van der Waals surface area (Å²) in [4.78, 5) is 37.8. The van der Waals surface area contributed by atoms with Crippen LogP contribution in [0.15, 0.2) is 42.5 Å². The summed E-state index contributed by atoms with van der Waals surface area (Å²) >= 11 is 0. The van der Waals surface area contributed by atoms with Crippen molar-refractivity contribution < 1.29 is 28.6 Å². The van der Waals surface area contributed by atoms with E-state index in [9.17, 15) is 14.4 Å². The van der Waals surface area contributed by atoms with Crippen LogP contribution in [-0.4, -0.2) is 56.6 Å². The molecule has 0 saturated carbocycles. The van der Waals surface area contributed by atoms with E-state index >= 15 is 0 Å². The maximum atomic E-state index is 12.3. The first kappa shape index (κ1) is 23.7. The Bertz CT molecular complexity index is 909. The number of carbonyl (C=O) groups is 3. The van der Waals surface area contributed by atoms with Gasteiger partial charge in [-0.2, -0.15) is 0 Å². The van der Waals surface area contributed by atoms with Crippen LogP contribution in [-0.2, 0) is 9.53 Å². The molecule has 2 aromatic rings. The zero-order chi connectivity index (χ0) is 22.8. The number of amides is 2. The van der Waals surface area contributed by atoms with Crippen molar-refractivity contribution in [3.8, 4) is 11.5 Å². The zero-order valence-corrected chi connectivity index (χ0v) is 18.3. The van der Waals surface area contributed by atoms with Gasteiger partial charge in [0.15, 0.2) is 18.1 Å². The van der Waals surface area contributed by atoms with Crippen LogP contribution in [0.25, 0.3) is 0 Å². The Balaban J connectivity index is 1.93. The predicted octanol–water partition coefficient (Wildman–Crippen LogP) is 3.37. The van der Waals surface area contributed by atoms with Crippen LogP contribution in [0.1, 0.15) is 41.0 Å².